The SMILES string of the molecule is C1CCC2(C1)CCN(N1CCC3(CCN(C4CC5(CCNC5)CO4)C3)C1)C2. The summed E-state index contributed by atoms with van der Waals surface area (Å²) >= 11 is 0. The van der Waals surface area contributed by atoms with Crippen LogP contribution in [0.4, 0.5) is 0 Å². The number of hydrogen-bond acceptors (Lipinski definition) is 5. The highest BCUT2D eigenvalue weighted by Crippen LogP contribution is 2.48. The minimum absolute atomic E-state index is 0.395. The molecule has 1 N–H and O–H groups in total. The Balaban J connectivity index is 1.06. The monoisotopic (exact) mass is 374 g/mol. The summed E-state index contributed by atoms with van der Waals surface area (Å²) in [6, 6.07) is 0. The summed E-state index contributed by atoms with van der Waals surface area (Å²) in [5, 5.41) is 9.08. The normalized spacial score (nSPS) is 45.6. The molecule has 152 valence electrons. The fraction of sp³-hybridized carbons (Fsp3) is 1.00. The van der Waals surface area contributed by atoms with E-state index in [0.717, 1.165) is 6.61 Å². The van der Waals surface area contributed by atoms with Gasteiger partial charge in [0.1, 0.15) is 6.23 Å². The minimum atomic E-state index is 0.395. The third-order valence-corrected chi connectivity index (χ3v) is 9.30. The van der Waals surface area contributed by atoms with Gasteiger partial charge in [-0.1, -0.05) is 12.8 Å². The average Bonchev–Trinajstić information content (AvgIpc) is 3.51. The summed E-state index contributed by atoms with van der Waals surface area (Å²) < 4.78 is 6.33. The van der Waals surface area contributed by atoms with Crippen molar-refractivity contribution in [1.82, 2.24) is 20.2 Å². The summed E-state index contributed by atoms with van der Waals surface area (Å²) in [6.07, 6.45) is 13.1. The second-order valence-electron chi connectivity index (χ2n) is 11.1. The number of hydrogen-bond donors (Lipinski definition) is 1. The van der Waals surface area contributed by atoms with E-state index in [-0.39, 0.29) is 0 Å². The molecule has 6 aliphatic rings. The first-order valence-electron chi connectivity index (χ1n) is 11.7. The van der Waals surface area contributed by atoms with Crippen LogP contribution in [0.25, 0.3) is 0 Å². The molecule has 5 aliphatic heterocycles. The summed E-state index contributed by atoms with van der Waals surface area (Å²) in [5.74, 6) is 0. The third kappa shape index (κ3) is 3.00. The maximum absolute atomic E-state index is 6.33. The van der Waals surface area contributed by atoms with Crippen molar-refractivity contribution in [3.63, 3.8) is 0 Å². The number of nitrogens with one attached hydrogen (secondary N) is 1. The first kappa shape index (κ1) is 17.6. The first-order chi connectivity index (χ1) is 13.2. The van der Waals surface area contributed by atoms with E-state index in [1.807, 2.05) is 0 Å². The second-order valence-corrected chi connectivity index (χ2v) is 11.1. The number of hydrazine groups is 1. The topological polar surface area (TPSA) is 31.0 Å². The van der Waals surface area contributed by atoms with Gasteiger partial charge in [0.25, 0.3) is 0 Å². The van der Waals surface area contributed by atoms with E-state index in [2.05, 4.69) is 20.2 Å². The Kier molecular flexibility index (Phi) is 4.18. The molecular weight excluding hydrogens is 336 g/mol. The molecule has 0 radical (unpaired) electrons. The zero-order valence-corrected chi connectivity index (χ0v) is 17.1. The minimum Gasteiger partial charge on any atom is -0.362 e. The predicted octanol–water partition coefficient (Wildman–Crippen LogP) is 2.29. The van der Waals surface area contributed by atoms with E-state index in [0.29, 0.717) is 22.5 Å². The molecule has 27 heavy (non-hydrogen) atoms. The van der Waals surface area contributed by atoms with Gasteiger partial charge in [0.05, 0.1) is 6.61 Å². The standard InChI is InChI=1S/C22H38N4O/c1-2-4-20(3-1)7-11-25(16-20)26-12-8-21(17-26)6-10-24(15-21)19-13-22(18-27-19)5-9-23-14-22/h19,23H,1-18H2. The Morgan fingerprint density at radius 2 is 1.48 bits per heavy atom. The zero-order chi connectivity index (χ0) is 18.0. The Labute approximate surface area is 164 Å². The van der Waals surface area contributed by atoms with Gasteiger partial charge in [-0.2, -0.15) is 0 Å². The first-order valence-corrected chi connectivity index (χ1v) is 11.7. The highest BCUT2D eigenvalue weighted by molar-refractivity contribution is 5.01. The summed E-state index contributed by atoms with van der Waals surface area (Å²) in [4.78, 5) is 2.71. The molecule has 0 aromatic carbocycles. The van der Waals surface area contributed by atoms with Gasteiger partial charge < -0.3 is 10.1 Å². The van der Waals surface area contributed by atoms with E-state index in [1.54, 1.807) is 0 Å². The fourth-order valence-electron chi connectivity index (χ4n) is 7.48. The van der Waals surface area contributed by atoms with Crippen LogP contribution in [-0.4, -0.2) is 80.1 Å². The molecule has 3 spiro atoms. The fourth-order valence-corrected chi connectivity index (χ4v) is 7.48. The summed E-state index contributed by atoms with van der Waals surface area (Å²) in [5.41, 5.74) is 1.69. The second kappa shape index (κ2) is 6.40. The lowest BCUT2D eigenvalue weighted by Crippen LogP contribution is -2.43. The van der Waals surface area contributed by atoms with E-state index in [9.17, 15) is 0 Å². The predicted molar refractivity (Wildman–Crippen MR) is 106 cm³/mol. The number of likely N-dealkylation sites (tertiary alicyclic amines) is 1. The van der Waals surface area contributed by atoms with Crippen LogP contribution in [0.2, 0.25) is 0 Å². The quantitative estimate of drug-likeness (QED) is 0.801. The smallest absolute Gasteiger partial charge is 0.111 e. The maximum Gasteiger partial charge on any atom is 0.111 e. The number of nitrogens with zero attached hydrogens (tertiary/aromatic N) is 3. The van der Waals surface area contributed by atoms with Crippen LogP contribution >= 0.6 is 0 Å². The molecule has 5 saturated heterocycles. The van der Waals surface area contributed by atoms with Gasteiger partial charge in [-0.3, -0.25) is 4.90 Å². The van der Waals surface area contributed by atoms with E-state index in [4.69, 9.17) is 4.74 Å². The highest BCUT2D eigenvalue weighted by Gasteiger charge is 2.51. The van der Waals surface area contributed by atoms with Crippen molar-refractivity contribution in [2.45, 2.75) is 64.0 Å². The van der Waals surface area contributed by atoms with Gasteiger partial charge >= 0.3 is 0 Å². The number of ether oxygens (including phenoxy) is 1. The molecule has 5 heterocycles. The van der Waals surface area contributed by atoms with Gasteiger partial charge in [-0.15, -0.1) is 0 Å². The van der Waals surface area contributed by atoms with E-state index in [1.165, 1.54) is 110 Å². The average molecular weight is 375 g/mol. The Morgan fingerprint density at radius 3 is 2.26 bits per heavy atom. The van der Waals surface area contributed by atoms with Crippen LogP contribution < -0.4 is 5.32 Å². The van der Waals surface area contributed by atoms with Crippen molar-refractivity contribution in [2.24, 2.45) is 16.2 Å². The molecule has 3 atom stereocenters. The number of rotatable bonds is 2. The Morgan fingerprint density at radius 1 is 0.741 bits per heavy atom. The molecule has 3 unspecified atom stereocenters. The summed E-state index contributed by atoms with van der Waals surface area (Å²) in [6.45, 7) is 11.1. The molecule has 5 heteroatoms. The van der Waals surface area contributed by atoms with E-state index < -0.39 is 0 Å². The van der Waals surface area contributed by atoms with Crippen molar-refractivity contribution in [3.05, 3.63) is 0 Å². The zero-order valence-electron chi connectivity index (χ0n) is 17.1. The lowest BCUT2D eigenvalue weighted by Gasteiger charge is -2.32. The molecule has 0 aromatic rings. The van der Waals surface area contributed by atoms with Crippen molar-refractivity contribution >= 4 is 0 Å². The van der Waals surface area contributed by atoms with Crippen molar-refractivity contribution < 1.29 is 4.74 Å². The van der Waals surface area contributed by atoms with Gasteiger partial charge in [-0.25, -0.2) is 10.0 Å². The van der Waals surface area contributed by atoms with Gasteiger partial charge in [0.15, 0.2) is 0 Å². The molecule has 0 amide bonds. The van der Waals surface area contributed by atoms with Crippen LogP contribution in [0.3, 0.4) is 0 Å². The van der Waals surface area contributed by atoms with Gasteiger partial charge in [0.2, 0.25) is 0 Å². The highest BCUT2D eigenvalue weighted by atomic mass is 16.5. The molecule has 1 aliphatic carbocycles. The summed E-state index contributed by atoms with van der Waals surface area (Å²) in [7, 11) is 0. The third-order valence-electron chi connectivity index (χ3n) is 9.30. The van der Waals surface area contributed by atoms with Crippen LogP contribution in [-0.2, 0) is 4.74 Å². The Bertz CT molecular complexity index is 519. The van der Waals surface area contributed by atoms with Gasteiger partial charge in [-0.05, 0) is 62.3 Å². The molecule has 1 saturated carbocycles. The van der Waals surface area contributed by atoms with Crippen LogP contribution in [0.5, 0.6) is 0 Å². The van der Waals surface area contributed by atoms with E-state index >= 15 is 0 Å². The van der Waals surface area contributed by atoms with Crippen molar-refractivity contribution in [1.29, 1.82) is 0 Å². The van der Waals surface area contributed by atoms with Crippen LogP contribution in [0.1, 0.15) is 57.8 Å². The van der Waals surface area contributed by atoms with Crippen LogP contribution in [0, 0.1) is 16.2 Å². The van der Waals surface area contributed by atoms with Crippen LogP contribution in [0.15, 0.2) is 0 Å². The maximum atomic E-state index is 6.33. The largest absolute Gasteiger partial charge is 0.362 e. The molecular formula is C22H38N4O. The Hall–Kier alpha value is -0.200. The molecule has 6 rings (SSSR count). The molecule has 0 bridgehead atoms. The lowest BCUT2D eigenvalue weighted by molar-refractivity contribution is -0.0201. The van der Waals surface area contributed by atoms with Gasteiger partial charge in [0, 0.05) is 51.2 Å². The lowest BCUT2D eigenvalue weighted by atomic mass is 9.85. The van der Waals surface area contributed by atoms with Crippen molar-refractivity contribution in [2.75, 3.05) is 59.0 Å². The molecule has 5 nitrogen and oxygen atoms in total. The van der Waals surface area contributed by atoms with Crippen molar-refractivity contribution in [3.8, 4) is 0 Å². The molecule has 6 fully saturated rings. The molecule has 0 aromatic heterocycles.